The van der Waals surface area contributed by atoms with Crippen LogP contribution in [0.2, 0.25) is 5.02 Å². The van der Waals surface area contributed by atoms with Crippen molar-refractivity contribution in [1.29, 1.82) is 0 Å². The molecular formula is C18H26ClN. The molecule has 0 spiro atoms. The van der Waals surface area contributed by atoms with E-state index in [1.165, 1.54) is 48.8 Å². The third kappa shape index (κ3) is 2.63. The van der Waals surface area contributed by atoms with Gasteiger partial charge in [-0.2, -0.15) is 0 Å². The molecule has 3 rings (SSSR count). The van der Waals surface area contributed by atoms with Crippen LogP contribution < -0.4 is 5.32 Å². The Hall–Kier alpha value is -0.530. The number of rotatable bonds is 4. The van der Waals surface area contributed by atoms with Crippen LogP contribution in [-0.4, -0.2) is 7.05 Å². The molecule has 1 aromatic rings. The summed E-state index contributed by atoms with van der Waals surface area (Å²) in [5, 5.41) is 4.43. The molecule has 0 radical (unpaired) electrons. The van der Waals surface area contributed by atoms with Crippen molar-refractivity contribution >= 4 is 11.6 Å². The first-order chi connectivity index (χ1) is 9.58. The van der Waals surface area contributed by atoms with E-state index < -0.39 is 0 Å². The largest absolute Gasteiger partial charge is 0.313 e. The van der Waals surface area contributed by atoms with Gasteiger partial charge in [-0.05, 0) is 87.1 Å². The molecule has 2 saturated carbocycles. The lowest BCUT2D eigenvalue weighted by atomic mass is 9.82. The molecule has 4 unspecified atom stereocenters. The zero-order valence-corrected chi connectivity index (χ0v) is 13.6. The monoisotopic (exact) mass is 291 g/mol. The molecule has 0 aliphatic heterocycles. The quantitative estimate of drug-likeness (QED) is 0.819. The lowest BCUT2D eigenvalue weighted by Gasteiger charge is -2.27. The van der Waals surface area contributed by atoms with Crippen molar-refractivity contribution in [3.63, 3.8) is 0 Å². The fraction of sp³-hybridized carbons (Fsp3) is 0.667. The van der Waals surface area contributed by atoms with Crippen LogP contribution in [0, 0.1) is 31.6 Å². The Kier molecular flexibility index (Phi) is 4.10. The maximum Gasteiger partial charge on any atom is 0.0456 e. The number of benzene rings is 1. The summed E-state index contributed by atoms with van der Waals surface area (Å²) in [5.74, 6) is 2.92. The van der Waals surface area contributed by atoms with Gasteiger partial charge in [-0.25, -0.2) is 0 Å². The first kappa shape index (κ1) is 14.4. The molecule has 20 heavy (non-hydrogen) atoms. The van der Waals surface area contributed by atoms with Crippen LogP contribution in [0.4, 0.5) is 0 Å². The van der Waals surface area contributed by atoms with Crippen molar-refractivity contribution in [3.8, 4) is 0 Å². The standard InChI is InChI=1S/C18H26ClN/c1-11-6-16(17(19)7-12(11)2)18(20-3)10-15-9-13-4-5-14(15)8-13/h6-7,13-15,18,20H,4-5,8-10H2,1-3H3. The van der Waals surface area contributed by atoms with Gasteiger partial charge in [0.15, 0.2) is 0 Å². The average molecular weight is 292 g/mol. The van der Waals surface area contributed by atoms with Gasteiger partial charge in [-0.3, -0.25) is 0 Å². The van der Waals surface area contributed by atoms with Crippen molar-refractivity contribution in [2.45, 2.75) is 52.0 Å². The summed E-state index contributed by atoms with van der Waals surface area (Å²) in [4.78, 5) is 0. The number of hydrogen-bond acceptors (Lipinski definition) is 1. The Bertz CT molecular complexity index is 496. The summed E-state index contributed by atoms with van der Waals surface area (Å²) >= 11 is 6.50. The molecule has 2 bridgehead atoms. The smallest absolute Gasteiger partial charge is 0.0456 e. The predicted octanol–water partition coefficient (Wildman–Crippen LogP) is 5.04. The molecule has 0 aromatic heterocycles. The molecule has 2 heteroatoms. The second-order valence-electron chi connectivity index (χ2n) is 6.97. The van der Waals surface area contributed by atoms with Gasteiger partial charge in [0.2, 0.25) is 0 Å². The molecule has 2 aliphatic carbocycles. The fourth-order valence-electron chi connectivity index (χ4n) is 4.44. The maximum atomic E-state index is 6.50. The summed E-state index contributed by atoms with van der Waals surface area (Å²) in [7, 11) is 2.07. The van der Waals surface area contributed by atoms with Crippen molar-refractivity contribution < 1.29 is 0 Å². The Morgan fingerprint density at radius 3 is 2.55 bits per heavy atom. The van der Waals surface area contributed by atoms with E-state index in [-0.39, 0.29) is 0 Å². The van der Waals surface area contributed by atoms with Gasteiger partial charge in [0, 0.05) is 11.1 Å². The van der Waals surface area contributed by atoms with Crippen LogP contribution in [0.15, 0.2) is 12.1 Å². The molecule has 0 heterocycles. The Labute approximate surface area is 128 Å². The zero-order valence-electron chi connectivity index (χ0n) is 12.9. The molecular weight excluding hydrogens is 266 g/mol. The number of aryl methyl sites for hydroxylation is 2. The van der Waals surface area contributed by atoms with Crippen molar-refractivity contribution in [1.82, 2.24) is 5.32 Å². The molecule has 110 valence electrons. The second-order valence-corrected chi connectivity index (χ2v) is 7.38. The van der Waals surface area contributed by atoms with E-state index in [0.29, 0.717) is 6.04 Å². The first-order valence-electron chi connectivity index (χ1n) is 8.02. The van der Waals surface area contributed by atoms with Crippen LogP contribution in [0.3, 0.4) is 0 Å². The van der Waals surface area contributed by atoms with Crippen LogP contribution in [0.5, 0.6) is 0 Å². The first-order valence-corrected chi connectivity index (χ1v) is 8.40. The van der Waals surface area contributed by atoms with Gasteiger partial charge in [-0.15, -0.1) is 0 Å². The SMILES string of the molecule is CNC(CC1CC2CCC1C2)c1cc(C)c(C)cc1Cl. The van der Waals surface area contributed by atoms with E-state index in [1.807, 2.05) is 0 Å². The summed E-state index contributed by atoms with van der Waals surface area (Å²) < 4.78 is 0. The highest BCUT2D eigenvalue weighted by Crippen LogP contribution is 2.51. The minimum Gasteiger partial charge on any atom is -0.313 e. The van der Waals surface area contributed by atoms with Crippen molar-refractivity contribution in [2.24, 2.45) is 17.8 Å². The highest BCUT2D eigenvalue weighted by atomic mass is 35.5. The van der Waals surface area contributed by atoms with E-state index in [9.17, 15) is 0 Å². The van der Waals surface area contributed by atoms with E-state index in [0.717, 1.165) is 22.8 Å². The Balaban J connectivity index is 1.78. The highest BCUT2D eigenvalue weighted by Gasteiger charge is 2.40. The summed E-state index contributed by atoms with van der Waals surface area (Å²) in [6, 6.07) is 4.81. The average Bonchev–Trinajstić information content (AvgIpc) is 3.03. The molecule has 1 nitrogen and oxygen atoms in total. The molecule has 0 amide bonds. The Morgan fingerprint density at radius 2 is 1.95 bits per heavy atom. The number of nitrogens with one attached hydrogen (secondary N) is 1. The zero-order chi connectivity index (χ0) is 14.3. The minimum absolute atomic E-state index is 0.408. The van der Waals surface area contributed by atoms with Gasteiger partial charge in [-0.1, -0.05) is 24.1 Å². The summed E-state index contributed by atoms with van der Waals surface area (Å²) in [6.07, 6.45) is 7.13. The topological polar surface area (TPSA) is 12.0 Å². The molecule has 2 fully saturated rings. The van der Waals surface area contributed by atoms with E-state index in [2.05, 4.69) is 38.3 Å². The van der Waals surface area contributed by atoms with E-state index in [1.54, 1.807) is 0 Å². The summed E-state index contributed by atoms with van der Waals surface area (Å²) in [5.41, 5.74) is 3.92. The molecule has 1 N–H and O–H groups in total. The minimum atomic E-state index is 0.408. The predicted molar refractivity (Wildman–Crippen MR) is 86.3 cm³/mol. The van der Waals surface area contributed by atoms with Crippen molar-refractivity contribution in [2.75, 3.05) is 7.05 Å². The van der Waals surface area contributed by atoms with Crippen LogP contribution >= 0.6 is 11.6 Å². The maximum absolute atomic E-state index is 6.50. The fourth-order valence-corrected chi connectivity index (χ4v) is 4.79. The number of halogens is 1. The molecule has 2 aliphatic rings. The summed E-state index contributed by atoms with van der Waals surface area (Å²) in [6.45, 7) is 4.31. The lowest BCUT2D eigenvalue weighted by molar-refractivity contribution is 0.284. The van der Waals surface area contributed by atoms with Gasteiger partial charge in [0.05, 0.1) is 0 Å². The second kappa shape index (κ2) is 5.69. The van der Waals surface area contributed by atoms with Gasteiger partial charge in [0.1, 0.15) is 0 Å². The van der Waals surface area contributed by atoms with Gasteiger partial charge < -0.3 is 5.32 Å². The van der Waals surface area contributed by atoms with Crippen LogP contribution in [-0.2, 0) is 0 Å². The Morgan fingerprint density at radius 1 is 1.20 bits per heavy atom. The normalized spacial score (nSPS) is 29.9. The molecule has 1 aromatic carbocycles. The third-order valence-electron chi connectivity index (χ3n) is 5.76. The number of fused-ring (bicyclic) bond motifs is 2. The van der Waals surface area contributed by atoms with Crippen molar-refractivity contribution in [3.05, 3.63) is 33.8 Å². The van der Waals surface area contributed by atoms with E-state index in [4.69, 9.17) is 11.6 Å². The number of hydrogen-bond donors (Lipinski definition) is 1. The molecule has 4 atom stereocenters. The van der Waals surface area contributed by atoms with Crippen LogP contribution in [0.25, 0.3) is 0 Å². The van der Waals surface area contributed by atoms with Crippen LogP contribution in [0.1, 0.15) is 54.8 Å². The third-order valence-corrected chi connectivity index (χ3v) is 6.09. The van der Waals surface area contributed by atoms with E-state index >= 15 is 0 Å². The highest BCUT2D eigenvalue weighted by molar-refractivity contribution is 6.31. The molecule has 0 saturated heterocycles. The van der Waals surface area contributed by atoms with Gasteiger partial charge in [0.25, 0.3) is 0 Å². The lowest BCUT2D eigenvalue weighted by Crippen LogP contribution is -2.23. The van der Waals surface area contributed by atoms with Gasteiger partial charge >= 0.3 is 0 Å².